The maximum Gasteiger partial charge on any atom is 0.418 e. The van der Waals surface area contributed by atoms with Gasteiger partial charge in [0.2, 0.25) is 15.6 Å². The Morgan fingerprint density at radius 2 is 1.82 bits per heavy atom. The van der Waals surface area contributed by atoms with Crippen LogP contribution in [0.2, 0.25) is 0 Å². The first kappa shape index (κ1) is 16.2. The Morgan fingerprint density at radius 1 is 1.35 bits per heavy atom. The Bertz CT molecular complexity index is 379. The number of rotatable bonds is 6. The minimum Gasteiger partial charge on any atom is -0.480 e. The summed E-state index contributed by atoms with van der Waals surface area (Å²) in [5, 5.41) is 8.51. The number of unbranched alkanes of at least 4 members (excludes halogenated alkanes) is 1. The second-order valence-corrected chi connectivity index (χ2v) is 5.54. The lowest BCUT2D eigenvalue weighted by molar-refractivity contribution is -0.201. The molecule has 0 fully saturated rings. The highest BCUT2D eigenvalue weighted by Crippen LogP contribution is 2.31. The average molecular weight is 277 g/mol. The maximum absolute atomic E-state index is 12.5. The molecule has 0 aliphatic rings. The summed E-state index contributed by atoms with van der Waals surface area (Å²) < 4.78 is 61.3. The van der Waals surface area contributed by atoms with Crippen LogP contribution in [0.25, 0.3) is 0 Å². The van der Waals surface area contributed by atoms with Gasteiger partial charge in [-0.25, -0.2) is 13.2 Å². The van der Waals surface area contributed by atoms with E-state index in [4.69, 9.17) is 5.11 Å². The van der Waals surface area contributed by atoms with Crippen LogP contribution in [0.5, 0.6) is 0 Å². The number of carboxylic acid groups (broad SMARTS) is 1. The first-order valence-electron chi connectivity index (χ1n) is 4.78. The van der Waals surface area contributed by atoms with Crippen LogP contribution in [0, 0.1) is 0 Å². The van der Waals surface area contributed by atoms with E-state index in [1.165, 1.54) is 4.72 Å². The van der Waals surface area contributed by atoms with Crippen molar-refractivity contribution >= 4 is 16.0 Å². The molecule has 0 aromatic rings. The van der Waals surface area contributed by atoms with E-state index in [1.807, 2.05) is 0 Å². The Hall–Kier alpha value is -0.830. The van der Waals surface area contributed by atoms with E-state index in [1.54, 1.807) is 6.92 Å². The molecule has 0 aliphatic heterocycles. The minimum absolute atomic E-state index is 0.156. The number of carboxylic acids is 1. The first-order valence-corrected chi connectivity index (χ1v) is 6.43. The van der Waals surface area contributed by atoms with Crippen molar-refractivity contribution in [3.63, 3.8) is 0 Å². The zero-order valence-corrected chi connectivity index (χ0v) is 10.2. The van der Waals surface area contributed by atoms with Crippen LogP contribution in [-0.2, 0) is 14.8 Å². The lowest BCUT2D eigenvalue weighted by atomic mass is 10.0. The zero-order chi connectivity index (χ0) is 13.9. The van der Waals surface area contributed by atoms with E-state index in [0.29, 0.717) is 6.42 Å². The van der Waals surface area contributed by atoms with Gasteiger partial charge in [-0.15, -0.1) is 0 Å². The number of carbonyl (C=O) groups is 1. The molecule has 0 saturated carbocycles. The fraction of sp³-hybridized carbons (Fsp3) is 0.875. The zero-order valence-electron chi connectivity index (χ0n) is 9.34. The van der Waals surface area contributed by atoms with Crippen molar-refractivity contribution in [2.45, 2.75) is 38.4 Å². The van der Waals surface area contributed by atoms with Crippen molar-refractivity contribution in [3.8, 4) is 0 Å². The molecule has 0 rings (SSSR count). The molecule has 0 radical (unpaired) electrons. The number of aliphatic carboxylic acids is 1. The molecule has 17 heavy (non-hydrogen) atoms. The summed E-state index contributed by atoms with van der Waals surface area (Å²) in [6.07, 6.45) is -4.59. The third-order valence-electron chi connectivity index (χ3n) is 2.12. The van der Waals surface area contributed by atoms with Crippen LogP contribution in [0.4, 0.5) is 13.2 Å². The summed E-state index contributed by atoms with van der Waals surface area (Å²) in [6, 6.07) is 0. The number of sulfonamides is 1. The second-order valence-electron chi connectivity index (χ2n) is 3.70. The number of alkyl halides is 3. The highest BCUT2D eigenvalue weighted by Gasteiger charge is 2.59. The van der Waals surface area contributed by atoms with E-state index in [9.17, 15) is 26.4 Å². The molecule has 0 heterocycles. The summed E-state index contributed by atoms with van der Waals surface area (Å²) in [7, 11) is -4.28. The topological polar surface area (TPSA) is 83.5 Å². The summed E-state index contributed by atoms with van der Waals surface area (Å²) in [6.45, 7) is 1.94. The molecule has 1 unspecified atom stereocenters. The molecule has 0 aliphatic carbocycles. The van der Waals surface area contributed by atoms with E-state index in [2.05, 4.69) is 0 Å². The number of hydrogen-bond acceptors (Lipinski definition) is 3. The largest absolute Gasteiger partial charge is 0.480 e. The predicted molar refractivity (Wildman–Crippen MR) is 53.9 cm³/mol. The molecular weight excluding hydrogens is 263 g/mol. The van der Waals surface area contributed by atoms with Gasteiger partial charge in [-0.3, -0.25) is 0 Å². The van der Waals surface area contributed by atoms with E-state index in [-0.39, 0.29) is 13.3 Å². The van der Waals surface area contributed by atoms with Crippen LogP contribution in [0.3, 0.4) is 0 Å². The van der Waals surface area contributed by atoms with Gasteiger partial charge in [0.25, 0.3) is 0 Å². The van der Waals surface area contributed by atoms with Crippen LogP contribution in [0.15, 0.2) is 0 Å². The van der Waals surface area contributed by atoms with Gasteiger partial charge in [-0.2, -0.15) is 17.9 Å². The molecular formula is C8H14F3NO4S. The average Bonchev–Trinajstić information content (AvgIpc) is 2.12. The molecule has 1 atom stereocenters. The molecule has 0 spiro atoms. The quantitative estimate of drug-likeness (QED) is 0.762. The number of nitrogens with one attached hydrogen (secondary N) is 1. The second kappa shape index (κ2) is 5.21. The van der Waals surface area contributed by atoms with Crippen LogP contribution >= 0.6 is 0 Å². The van der Waals surface area contributed by atoms with Crippen molar-refractivity contribution in [1.82, 2.24) is 4.72 Å². The Morgan fingerprint density at radius 3 is 2.12 bits per heavy atom. The standard InChI is InChI=1S/C8H14F3NO4S/c1-3-4-5-17(15,16)12-7(2,6(13)14)8(9,10)11/h12H,3-5H2,1-2H3,(H,13,14). The summed E-state index contributed by atoms with van der Waals surface area (Å²) in [5.74, 6) is -2.83. The van der Waals surface area contributed by atoms with Gasteiger partial charge in [-0.1, -0.05) is 13.3 Å². The minimum atomic E-state index is -5.21. The van der Waals surface area contributed by atoms with Gasteiger partial charge in [0, 0.05) is 0 Å². The molecule has 0 amide bonds. The number of halogens is 3. The highest BCUT2D eigenvalue weighted by molar-refractivity contribution is 7.89. The molecule has 0 bridgehead atoms. The van der Waals surface area contributed by atoms with Gasteiger partial charge in [0.15, 0.2) is 0 Å². The van der Waals surface area contributed by atoms with Crippen molar-refractivity contribution in [2.24, 2.45) is 0 Å². The van der Waals surface area contributed by atoms with Gasteiger partial charge in [0.1, 0.15) is 0 Å². The van der Waals surface area contributed by atoms with Gasteiger partial charge in [-0.05, 0) is 13.3 Å². The normalized spacial score (nSPS) is 16.5. The van der Waals surface area contributed by atoms with Crippen LogP contribution < -0.4 is 4.72 Å². The third-order valence-corrected chi connectivity index (χ3v) is 3.67. The summed E-state index contributed by atoms with van der Waals surface area (Å²) in [5.41, 5.74) is -3.50. The monoisotopic (exact) mass is 277 g/mol. The van der Waals surface area contributed by atoms with Crippen LogP contribution in [-0.4, -0.2) is 37.0 Å². The summed E-state index contributed by atoms with van der Waals surface area (Å²) >= 11 is 0. The molecule has 2 N–H and O–H groups in total. The van der Waals surface area contributed by atoms with Crippen molar-refractivity contribution < 1.29 is 31.5 Å². The lowest BCUT2D eigenvalue weighted by Crippen LogP contribution is -2.62. The van der Waals surface area contributed by atoms with Gasteiger partial charge >= 0.3 is 12.1 Å². The molecule has 0 aromatic carbocycles. The molecule has 102 valence electrons. The van der Waals surface area contributed by atoms with E-state index >= 15 is 0 Å². The predicted octanol–water partition coefficient (Wildman–Crippen LogP) is 1.11. The third kappa shape index (κ3) is 4.15. The fourth-order valence-corrected chi connectivity index (χ4v) is 2.51. The van der Waals surface area contributed by atoms with E-state index in [0.717, 1.165) is 0 Å². The Labute approximate surface area is 97.1 Å². The Kier molecular flexibility index (Phi) is 4.96. The first-order chi connectivity index (χ1) is 7.46. The molecule has 0 aromatic heterocycles. The molecule has 9 heteroatoms. The fourth-order valence-electron chi connectivity index (χ4n) is 0.919. The highest BCUT2D eigenvalue weighted by atomic mass is 32.2. The SMILES string of the molecule is CCCCS(=O)(=O)NC(C)(C(=O)O)C(F)(F)F. The molecule has 5 nitrogen and oxygen atoms in total. The maximum atomic E-state index is 12.5. The van der Waals surface area contributed by atoms with Gasteiger partial charge < -0.3 is 5.11 Å². The van der Waals surface area contributed by atoms with E-state index < -0.39 is 33.5 Å². The lowest BCUT2D eigenvalue weighted by Gasteiger charge is -2.28. The van der Waals surface area contributed by atoms with Crippen molar-refractivity contribution in [2.75, 3.05) is 5.75 Å². The van der Waals surface area contributed by atoms with Gasteiger partial charge in [0.05, 0.1) is 5.75 Å². The van der Waals surface area contributed by atoms with Crippen LogP contribution in [0.1, 0.15) is 26.7 Å². The van der Waals surface area contributed by atoms with Crippen molar-refractivity contribution in [1.29, 1.82) is 0 Å². The Balaban J connectivity index is 5.10. The smallest absolute Gasteiger partial charge is 0.418 e. The summed E-state index contributed by atoms with van der Waals surface area (Å²) in [4.78, 5) is 10.6. The number of hydrogen-bond donors (Lipinski definition) is 2. The van der Waals surface area contributed by atoms with Crippen molar-refractivity contribution in [3.05, 3.63) is 0 Å². The molecule has 0 saturated heterocycles.